The zero-order valence-electron chi connectivity index (χ0n) is 11.4. The lowest BCUT2D eigenvalue weighted by Gasteiger charge is -2.21. The van der Waals surface area contributed by atoms with Crippen LogP contribution in [0.3, 0.4) is 0 Å². The van der Waals surface area contributed by atoms with Crippen LogP contribution in [0.4, 0.5) is 5.69 Å². The van der Waals surface area contributed by atoms with Crippen molar-refractivity contribution in [2.75, 3.05) is 18.0 Å². The second-order valence-electron chi connectivity index (χ2n) is 4.78. The molecule has 0 atom stereocenters. The van der Waals surface area contributed by atoms with Gasteiger partial charge in [-0.05, 0) is 24.1 Å². The minimum atomic E-state index is -0.155. The van der Waals surface area contributed by atoms with Gasteiger partial charge in [0.15, 0.2) is 0 Å². The smallest absolute Gasteiger partial charge is 0.240 e. The molecule has 0 saturated carbocycles. The lowest BCUT2D eigenvalue weighted by atomic mass is 10.2. The number of nitrogens with one attached hydrogen (secondary N) is 1. The molecule has 0 radical (unpaired) electrons. The summed E-state index contributed by atoms with van der Waals surface area (Å²) in [6, 6.07) is 7.33. The predicted octanol–water partition coefficient (Wildman–Crippen LogP) is 2.57. The Morgan fingerprint density at radius 1 is 1.37 bits per heavy atom. The van der Waals surface area contributed by atoms with Gasteiger partial charge in [0.25, 0.3) is 0 Å². The molecule has 1 rings (SSSR count). The van der Waals surface area contributed by atoms with Gasteiger partial charge in [0.1, 0.15) is 6.54 Å². The summed E-state index contributed by atoms with van der Waals surface area (Å²) in [5.41, 5.74) is 0.710. The molecule has 0 aromatic heterocycles. The minimum Gasteiger partial charge on any atom is -0.354 e. The highest BCUT2D eigenvalue weighted by Crippen LogP contribution is 2.19. The SMILES string of the molecule is CC(=O)N(CC(=O)NCC(C)C)c1cccc(Br)c1. The highest BCUT2D eigenvalue weighted by atomic mass is 79.9. The van der Waals surface area contributed by atoms with E-state index in [1.165, 1.54) is 11.8 Å². The van der Waals surface area contributed by atoms with Crippen LogP contribution in [0, 0.1) is 5.92 Å². The monoisotopic (exact) mass is 326 g/mol. The molecular formula is C14H19BrN2O2. The van der Waals surface area contributed by atoms with Gasteiger partial charge in [-0.2, -0.15) is 0 Å². The van der Waals surface area contributed by atoms with Gasteiger partial charge >= 0.3 is 0 Å². The Balaban J connectivity index is 2.74. The molecule has 0 saturated heterocycles. The molecule has 2 amide bonds. The Morgan fingerprint density at radius 2 is 2.05 bits per heavy atom. The third-order valence-corrected chi connectivity index (χ3v) is 3.00. The average Bonchev–Trinajstić information content (AvgIpc) is 2.33. The lowest BCUT2D eigenvalue weighted by Crippen LogP contribution is -2.40. The number of nitrogens with zero attached hydrogens (tertiary/aromatic N) is 1. The second-order valence-corrected chi connectivity index (χ2v) is 5.70. The van der Waals surface area contributed by atoms with E-state index < -0.39 is 0 Å². The van der Waals surface area contributed by atoms with Crippen LogP contribution < -0.4 is 10.2 Å². The topological polar surface area (TPSA) is 49.4 Å². The number of amides is 2. The maximum atomic E-state index is 11.8. The maximum absolute atomic E-state index is 11.8. The molecule has 0 fully saturated rings. The van der Waals surface area contributed by atoms with E-state index in [9.17, 15) is 9.59 Å². The predicted molar refractivity (Wildman–Crippen MR) is 80.0 cm³/mol. The van der Waals surface area contributed by atoms with Crippen LogP contribution in [0.1, 0.15) is 20.8 Å². The van der Waals surface area contributed by atoms with Crippen molar-refractivity contribution < 1.29 is 9.59 Å². The van der Waals surface area contributed by atoms with Crippen LogP contribution in [0.25, 0.3) is 0 Å². The molecule has 19 heavy (non-hydrogen) atoms. The first-order valence-corrected chi connectivity index (χ1v) is 7.00. The van der Waals surface area contributed by atoms with Gasteiger partial charge in [0, 0.05) is 23.6 Å². The lowest BCUT2D eigenvalue weighted by molar-refractivity contribution is -0.123. The van der Waals surface area contributed by atoms with Crippen molar-refractivity contribution in [2.24, 2.45) is 5.92 Å². The van der Waals surface area contributed by atoms with Gasteiger partial charge < -0.3 is 10.2 Å². The summed E-state index contributed by atoms with van der Waals surface area (Å²) < 4.78 is 0.874. The summed E-state index contributed by atoms with van der Waals surface area (Å²) in [5.74, 6) is 0.0854. The fourth-order valence-electron chi connectivity index (χ4n) is 1.55. The molecule has 104 valence electrons. The van der Waals surface area contributed by atoms with Crippen molar-refractivity contribution in [3.8, 4) is 0 Å². The highest BCUT2D eigenvalue weighted by molar-refractivity contribution is 9.10. The minimum absolute atomic E-state index is 0.0402. The normalized spacial score (nSPS) is 10.4. The Bertz CT molecular complexity index is 461. The molecular weight excluding hydrogens is 308 g/mol. The van der Waals surface area contributed by atoms with Crippen molar-refractivity contribution in [3.63, 3.8) is 0 Å². The molecule has 0 unspecified atom stereocenters. The summed E-state index contributed by atoms with van der Waals surface area (Å²) in [5, 5.41) is 2.81. The number of hydrogen-bond donors (Lipinski definition) is 1. The molecule has 1 N–H and O–H groups in total. The first-order chi connectivity index (χ1) is 8.90. The summed E-state index contributed by atoms with van der Waals surface area (Å²) in [7, 11) is 0. The Kier molecular flexibility index (Phi) is 6.02. The molecule has 4 nitrogen and oxygen atoms in total. The summed E-state index contributed by atoms with van der Waals surface area (Å²) in [6.45, 7) is 6.16. The van der Waals surface area contributed by atoms with E-state index >= 15 is 0 Å². The second kappa shape index (κ2) is 7.28. The van der Waals surface area contributed by atoms with Gasteiger partial charge in [-0.25, -0.2) is 0 Å². The van der Waals surface area contributed by atoms with Crippen LogP contribution >= 0.6 is 15.9 Å². The molecule has 1 aromatic rings. The number of carbonyl (C=O) groups excluding carboxylic acids is 2. The van der Waals surface area contributed by atoms with Crippen LogP contribution in [0.15, 0.2) is 28.7 Å². The summed E-state index contributed by atoms with van der Waals surface area (Å²) in [4.78, 5) is 24.9. The fraction of sp³-hybridized carbons (Fsp3) is 0.429. The molecule has 0 spiro atoms. The zero-order chi connectivity index (χ0) is 14.4. The van der Waals surface area contributed by atoms with E-state index in [-0.39, 0.29) is 18.4 Å². The van der Waals surface area contributed by atoms with E-state index in [2.05, 4.69) is 21.2 Å². The molecule has 0 aliphatic heterocycles. The van der Waals surface area contributed by atoms with Crippen molar-refractivity contribution in [1.82, 2.24) is 5.32 Å². The molecule has 5 heteroatoms. The number of halogens is 1. The number of benzene rings is 1. The highest BCUT2D eigenvalue weighted by Gasteiger charge is 2.15. The van der Waals surface area contributed by atoms with E-state index in [0.717, 1.165) is 4.47 Å². The Morgan fingerprint density at radius 3 is 2.58 bits per heavy atom. The van der Waals surface area contributed by atoms with Crippen molar-refractivity contribution in [2.45, 2.75) is 20.8 Å². The number of rotatable bonds is 5. The molecule has 1 aromatic carbocycles. The largest absolute Gasteiger partial charge is 0.354 e. The van der Waals surface area contributed by atoms with Gasteiger partial charge in [0.05, 0.1) is 0 Å². The molecule has 0 aliphatic carbocycles. The molecule has 0 bridgehead atoms. The number of anilines is 1. The van der Waals surface area contributed by atoms with E-state index in [1.54, 1.807) is 0 Å². The van der Waals surface area contributed by atoms with E-state index in [1.807, 2.05) is 38.1 Å². The number of hydrogen-bond acceptors (Lipinski definition) is 2. The van der Waals surface area contributed by atoms with E-state index in [4.69, 9.17) is 0 Å². The van der Waals surface area contributed by atoms with E-state index in [0.29, 0.717) is 18.2 Å². The number of carbonyl (C=O) groups is 2. The van der Waals surface area contributed by atoms with Gasteiger partial charge in [0.2, 0.25) is 11.8 Å². The maximum Gasteiger partial charge on any atom is 0.240 e. The van der Waals surface area contributed by atoms with Crippen LogP contribution in [0.5, 0.6) is 0 Å². The quantitative estimate of drug-likeness (QED) is 0.904. The standard InChI is InChI=1S/C14H19BrN2O2/c1-10(2)8-16-14(19)9-17(11(3)18)13-6-4-5-12(15)7-13/h4-7,10H,8-9H2,1-3H3,(H,16,19). The molecule has 0 aliphatic rings. The third kappa shape index (κ3) is 5.42. The first-order valence-electron chi connectivity index (χ1n) is 6.20. The summed E-state index contributed by atoms with van der Waals surface area (Å²) >= 11 is 3.36. The van der Waals surface area contributed by atoms with Crippen molar-refractivity contribution in [3.05, 3.63) is 28.7 Å². The van der Waals surface area contributed by atoms with Crippen molar-refractivity contribution >= 4 is 33.4 Å². The van der Waals surface area contributed by atoms with Crippen LogP contribution in [-0.4, -0.2) is 24.9 Å². The zero-order valence-corrected chi connectivity index (χ0v) is 13.0. The van der Waals surface area contributed by atoms with Crippen LogP contribution in [0.2, 0.25) is 0 Å². The molecule has 0 heterocycles. The van der Waals surface area contributed by atoms with Gasteiger partial charge in [-0.15, -0.1) is 0 Å². The average molecular weight is 327 g/mol. The third-order valence-electron chi connectivity index (χ3n) is 2.51. The van der Waals surface area contributed by atoms with Gasteiger partial charge in [-0.3, -0.25) is 9.59 Å². The van der Waals surface area contributed by atoms with Gasteiger partial charge in [-0.1, -0.05) is 35.8 Å². The van der Waals surface area contributed by atoms with Crippen molar-refractivity contribution in [1.29, 1.82) is 0 Å². The Labute approximate surface area is 122 Å². The summed E-state index contributed by atoms with van der Waals surface area (Å²) in [6.07, 6.45) is 0. The first kappa shape index (κ1) is 15.7. The Hall–Kier alpha value is -1.36. The fourth-order valence-corrected chi connectivity index (χ4v) is 1.93. The van der Waals surface area contributed by atoms with Crippen LogP contribution in [-0.2, 0) is 9.59 Å².